The maximum Gasteiger partial charge on any atom is 0.00758 e. The van der Waals surface area contributed by atoms with E-state index in [-0.39, 0.29) is 0 Å². The van der Waals surface area contributed by atoms with E-state index in [2.05, 4.69) is 26.2 Å². The number of hydrogen-bond acceptors (Lipinski definition) is 1. The van der Waals surface area contributed by atoms with Crippen molar-refractivity contribution >= 4 is 11.8 Å². The molecule has 0 aromatic rings. The van der Waals surface area contributed by atoms with Gasteiger partial charge in [-0.1, -0.05) is 96.8 Å². The van der Waals surface area contributed by atoms with Crippen molar-refractivity contribution in [2.24, 2.45) is 0 Å². The molecule has 0 aliphatic rings. The first-order chi connectivity index (χ1) is 9.24. The van der Waals surface area contributed by atoms with Crippen LogP contribution in [0.2, 0.25) is 0 Å². The Morgan fingerprint density at radius 1 is 0.895 bits per heavy atom. The molecule has 0 amide bonds. The summed E-state index contributed by atoms with van der Waals surface area (Å²) in [4.78, 5) is 2.45. The van der Waals surface area contributed by atoms with E-state index in [1.807, 2.05) is 66.7 Å². The lowest BCUT2D eigenvalue weighted by Gasteiger charge is -1.99. The van der Waals surface area contributed by atoms with Crippen molar-refractivity contribution in [1.29, 1.82) is 0 Å². The Morgan fingerprint density at radius 2 is 1.37 bits per heavy atom. The van der Waals surface area contributed by atoms with Gasteiger partial charge in [0.05, 0.1) is 0 Å². The van der Waals surface area contributed by atoms with Crippen molar-refractivity contribution < 1.29 is 0 Å². The molecular formula is C18H34S. The van der Waals surface area contributed by atoms with Gasteiger partial charge in [0, 0.05) is 4.91 Å². The fourth-order valence-corrected chi connectivity index (χ4v) is 1.54. The molecule has 0 N–H and O–H groups in total. The fourth-order valence-electron chi connectivity index (χ4n) is 0.738. The van der Waals surface area contributed by atoms with Gasteiger partial charge in [-0.2, -0.15) is 0 Å². The van der Waals surface area contributed by atoms with Gasteiger partial charge in [-0.05, 0) is 24.8 Å². The predicted molar refractivity (Wildman–Crippen MR) is 98.7 cm³/mol. The monoisotopic (exact) mass is 282 g/mol. The van der Waals surface area contributed by atoms with E-state index < -0.39 is 0 Å². The molecule has 112 valence electrons. The second-order valence-electron chi connectivity index (χ2n) is 2.40. The summed E-state index contributed by atoms with van der Waals surface area (Å²) in [6, 6.07) is 0. The highest BCUT2D eigenvalue weighted by Crippen LogP contribution is 2.25. The summed E-state index contributed by atoms with van der Waals surface area (Å²) in [6.45, 7) is 23.4. The Balaban J connectivity index is -0.000000163. The van der Waals surface area contributed by atoms with Gasteiger partial charge in [0.2, 0.25) is 0 Å². The lowest BCUT2D eigenvalue weighted by molar-refractivity contribution is 1.50. The topological polar surface area (TPSA) is 0 Å². The van der Waals surface area contributed by atoms with Crippen LogP contribution >= 0.6 is 11.8 Å². The SMILES string of the molecule is C=C/C=C\C(=C/C)S/C(C)=C/C=C.CC.CC.CC. The van der Waals surface area contributed by atoms with Crippen LogP contribution in [0.1, 0.15) is 55.4 Å². The molecule has 0 heterocycles. The van der Waals surface area contributed by atoms with E-state index in [0.29, 0.717) is 0 Å². The van der Waals surface area contributed by atoms with E-state index in [9.17, 15) is 0 Å². The molecule has 0 aromatic carbocycles. The van der Waals surface area contributed by atoms with E-state index in [1.54, 1.807) is 23.9 Å². The van der Waals surface area contributed by atoms with Gasteiger partial charge in [0.25, 0.3) is 0 Å². The van der Waals surface area contributed by atoms with Crippen molar-refractivity contribution in [3.63, 3.8) is 0 Å². The zero-order chi connectivity index (χ0) is 16.1. The highest BCUT2D eigenvalue weighted by Gasteiger charge is 1.92. The lowest BCUT2D eigenvalue weighted by Crippen LogP contribution is -1.70. The first kappa shape index (κ1) is 26.6. The van der Waals surface area contributed by atoms with Crippen LogP contribution in [0.4, 0.5) is 0 Å². The van der Waals surface area contributed by atoms with E-state index in [1.165, 1.54) is 9.81 Å². The van der Waals surface area contributed by atoms with Gasteiger partial charge >= 0.3 is 0 Å². The largest absolute Gasteiger partial charge is 0.0991 e. The van der Waals surface area contributed by atoms with E-state index >= 15 is 0 Å². The summed E-state index contributed by atoms with van der Waals surface area (Å²) >= 11 is 1.73. The molecule has 0 atom stereocenters. The molecule has 0 rings (SSSR count). The van der Waals surface area contributed by atoms with Crippen molar-refractivity contribution in [2.75, 3.05) is 0 Å². The molecule has 0 bridgehead atoms. The summed E-state index contributed by atoms with van der Waals surface area (Å²) in [6.07, 6.45) is 11.6. The molecule has 0 saturated heterocycles. The van der Waals surface area contributed by atoms with Crippen LogP contribution in [-0.4, -0.2) is 0 Å². The molecule has 0 aromatic heterocycles. The average molecular weight is 283 g/mol. The maximum atomic E-state index is 3.65. The van der Waals surface area contributed by atoms with Crippen LogP contribution in [0.3, 0.4) is 0 Å². The third kappa shape index (κ3) is 26.6. The Labute approximate surface area is 127 Å². The molecule has 0 aliphatic carbocycles. The number of thioether (sulfide) groups is 1. The van der Waals surface area contributed by atoms with Crippen molar-refractivity contribution in [1.82, 2.24) is 0 Å². The van der Waals surface area contributed by atoms with Gasteiger partial charge in [0.1, 0.15) is 0 Å². The quantitative estimate of drug-likeness (QED) is 0.469. The number of allylic oxidation sites excluding steroid dienone is 7. The minimum atomic E-state index is 1.22. The third-order valence-corrected chi connectivity index (χ3v) is 2.38. The Bertz CT molecular complexity index is 255. The summed E-state index contributed by atoms with van der Waals surface area (Å²) < 4.78 is 0. The molecular weight excluding hydrogens is 248 g/mol. The summed E-state index contributed by atoms with van der Waals surface area (Å²) in [5.41, 5.74) is 0. The molecule has 0 radical (unpaired) electrons. The molecule has 0 fully saturated rings. The van der Waals surface area contributed by atoms with E-state index in [4.69, 9.17) is 0 Å². The Morgan fingerprint density at radius 3 is 1.68 bits per heavy atom. The minimum Gasteiger partial charge on any atom is -0.0991 e. The zero-order valence-electron chi connectivity index (χ0n) is 14.3. The van der Waals surface area contributed by atoms with Crippen molar-refractivity contribution in [2.45, 2.75) is 55.4 Å². The zero-order valence-corrected chi connectivity index (χ0v) is 15.1. The summed E-state index contributed by atoms with van der Waals surface area (Å²) in [5, 5.41) is 0. The van der Waals surface area contributed by atoms with Gasteiger partial charge in [-0.15, -0.1) is 0 Å². The summed E-state index contributed by atoms with van der Waals surface area (Å²) in [7, 11) is 0. The molecule has 0 aliphatic heterocycles. The fraction of sp³-hybridized carbons (Fsp3) is 0.444. The molecule has 19 heavy (non-hydrogen) atoms. The second-order valence-corrected chi connectivity index (χ2v) is 3.72. The first-order valence-corrected chi connectivity index (χ1v) is 7.98. The molecule has 1 heteroatoms. The summed E-state index contributed by atoms with van der Waals surface area (Å²) in [5.74, 6) is 0. The van der Waals surface area contributed by atoms with Crippen LogP contribution in [0.25, 0.3) is 0 Å². The second kappa shape index (κ2) is 30.2. The van der Waals surface area contributed by atoms with Gasteiger partial charge in [0.15, 0.2) is 0 Å². The number of rotatable bonds is 5. The van der Waals surface area contributed by atoms with Gasteiger partial charge in [-0.25, -0.2) is 0 Å². The molecule has 0 nitrogen and oxygen atoms in total. The van der Waals surface area contributed by atoms with Crippen LogP contribution in [-0.2, 0) is 0 Å². The van der Waals surface area contributed by atoms with Crippen LogP contribution in [0.5, 0.6) is 0 Å². The molecule has 0 unspecified atom stereocenters. The Hall–Kier alpha value is -0.950. The van der Waals surface area contributed by atoms with Crippen LogP contribution in [0.15, 0.2) is 59.4 Å². The van der Waals surface area contributed by atoms with Crippen molar-refractivity contribution in [3.05, 3.63) is 59.4 Å². The van der Waals surface area contributed by atoms with Crippen LogP contribution < -0.4 is 0 Å². The van der Waals surface area contributed by atoms with Crippen molar-refractivity contribution in [3.8, 4) is 0 Å². The number of hydrogen-bond donors (Lipinski definition) is 0. The normalized spacial score (nSPS) is 10.1. The smallest absolute Gasteiger partial charge is 0.00758 e. The van der Waals surface area contributed by atoms with E-state index in [0.717, 1.165) is 0 Å². The van der Waals surface area contributed by atoms with Gasteiger partial charge in [-0.3, -0.25) is 0 Å². The third-order valence-electron chi connectivity index (χ3n) is 1.31. The highest BCUT2D eigenvalue weighted by atomic mass is 32.2. The molecule has 0 saturated carbocycles. The lowest BCUT2D eigenvalue weighted by atomic mass is 10.4. The standard InChI is InChI=1S/C12H16S.3C2H6/c1-5-8-10-12(7-3)13-11(4)9-6-2;3*1-2/h5-10H,1-2H2,3-4H3;3*1-2H3/b10-8-,11-9+,12-7+;;;. The van der Waals surface area contributed by atoms with Crippen LogP contribution in [0, 0.1) is 0 Å². The Kier molecular flexibility index (Phi) is 42.3. The maximum absolute atomic E-state index is 3.65. The first-order valence-electron chi connectivity index (χ1n) is 7.17. The predicted octanol–water partition coefficient (Wildman–Crippen LogP) is 7.53. The van der Waals surface area contributed by atoms with Gasteiger partial charge < -0.3 is 0 Å². The average Bonchev–Trinajstić information content (AvgIpc) is 2.50. The highest BCUT2D eigenvalue weighted by molar-refractivity contribution is 8.06. The minimum absolute atomic E-state index is 1.22. The molecule has 0 spiro atoms.